The molecule has 0 unspecified atom stereocenters. The van der Waals surface area contributed by atoms with Crippen LogP contribution in [0.25, 0.3) is 0 Å². The molecule has 0 aliphatic heterocycles. The molecule has 0 bridgehead atoms. The van der Waals surface area contributed by atoms with Crippen LogP contribution in [0.3, 0.4) is 0 Å². The Hall–Kier alpha value is -0.390. The molecule has 0 aliphatic carbocycles. The molecule has 0 saturated heterocycles. The lowest BCUT2D eigenvalue weighted by atomic mass is 10.2. The van der Waals surface area contributed by atoms with Crippen molar-refractivity contribution < 1.29 is 9.53 Å². The van der Waals surface area contributed by atoms with Crippen LogP contribution in [0.1, 0.15) is 5.56 Å². The minimum absolute atomic E-state index is 0.226. The van der Waals surface area contributed by atoms with Crippen molar-refractivity contribution in [3.8, 4) is 0 Å². The second-order valence-corrected chi connectivity index (χ2v) is 4.64. The molecule has 0 aliphatic rings. The van der Waals surface area contributed by atoms with E-state index >= 15 is 0 Å². The van der Waals surface area contributed by atoms with Crippen molar-refractivity contribution in [2.24, 2.45) is 0 Å². The van der Waals surface area contributed by atoms with Crippen LogP contribution < -0.4 is 5.32 Å². The summed E-state index contributed by atoms with van der Waals surface area (Å²) >= 11 is 6.80. The highest BCUT2D eigenvalue weighted by molar-refractivity contribution is 9.13. The molecule has 82 valence electrons. The fraction of sp³-hybridized carbons (Fsp3) is 0.300. The number of carbonyl (C=O) groups excluding carboxylic acids is 1. The third-order valence-electron chi connectivity index (χ3n) is 1.81. The Bertz CT molecular complexity index is 355. The number of hydrogen-bond donors (Lipinski definition) is 1. The van der Waals surface area contributed by atoms with Gasteiger partial charge in [-0.1, -0.05) is 6.07 Å². The molecule has 0 atom stereocenters. The maximum Gasteiger partial charge on any atom is 0.319 e. The Morgan fingerprint density at radius 2 is 2.13 bits per heavy atom. The van der Waals surface area contributed by atoms with E-state index in [4.69, 9.17) is 0 Å². The summed E-state index contributed by atoms with van der Waals surface area (Å²) in [6, 6.07) is 5.94. The Labute approximate surface area is 105 Å². The summed E-state index contributed by atoms with van der Waals surface area (Å²) in [5.41, 5.74) is 1.11. The highest BCUT2D eigenvalue weighted by Crippen LogP contribution is 2.23. The molecule has 1 N–H and O–H groups in total. The van der Waals surface area contributed by atoms with Crippen LogP contribution in [0, 0.1) is 0 Å². The van der Waals surface area contributed by atoms with Gasteiger partial charge in [-0.3, -0.25) is 4.79 Å². The second-order valence-electron chi connectivity index (χ2n) is 2.93. The standard InChI is InChI=1S/C10H11Br2NO2/c1-15-10(14)6-13-5-7-2-3-8(11)9(12)4-7/h2-4,13H,5-6H2,1H3. The number of ether oxygens (including phenoxy) is 1. The first-order valence-corrected chi connectivity index (χ1v) is 5.93. The van der Waals surface area contributed by atoms with Gasteiger partial charge in [0.2, 0.25) is 0 Å². The van der Waals surface area contributed by atoms with Gasteiger partial charge in [-0.15, -0.1) is 0 Å². The molecular weight excluding hydrogens is 326 g/mol. The van der Waals surface area contributed by atoms with Crippen molar-refractivity contribution in [2.45, 2.75) is 6.54 Å². The zero-order valence-electron chi connectivity index (χ0n) is 8.22. The van der Waals surface area contributed by atoms with E-state index in [1.54, 1.807) is 0 Å². The first-order valence-electron chi connectivity index (χ1n) is 4.35. The molecule has 0 radical (unpaired) electrons. The number of halogens is 2. The van der Waals surface area contributed by atoms with E-state index in [1.807, 2.05) is 18.2 Å². The maximum absolute atomic E-state index is 10.8. The lowest BCUT2D eigenvalue weighted by Gasteiger charge is -2.05. The Balaban J connectivity index is 2.44. The number of methoxy groups -OCH3 is 1. The highest BCUT2D eigenvalue weighted by Gasteiger charge is 2.01. The van der Waals surface area contributed by atoms with Crippen LogP contribution in [0.5, 0.6) is 0 Å². The molecule has 0 saturated carbocycles. The Morgan fingerprint density at radius 3 is 2.73 bits per heavy atom. The zero-order chi connectivity index (χ0) is 11.3. The van der Waals surface area contributed by atoms with Crippen LogP contribution in [0.4, 0.5) is 0 Å². The topological polar surface area (TPSA) is 38.3 Å². The van der Waals surface area contributed by atoms with E-state index in [0.29, 0.717) is 6.54 Å². The number of hydrogen-bond acceptors (Lipinski definition) is 3. The van der Waals surface area contributed by atoms with Gasteiger partial charge in [-0.25, -0.2) is 0 Å². The number of benzene rings is 1. The second kappa shape index (κ2) is 6.25. The van der Waals surface area contributed by atoms with E-state index in [1.165, 1.54) is 7.11 Å². The molecule has 1 aromatic rings. The van der Waals surface area contributed by atoms with Gasteiger partial charge in [0.15, 0.2) is 0 Å². The largest absolute Gasteiger partial charge is 0.468 e. The van der Waals surface area contributed by atoms with Crippen molar-refractivity contribution >= 4 is 37.8 Å². The maximum atomic E-state index is 10.8. The number of rotatable bonds is 4. The van der Waals surface area contributed by atoms with Gasteiger partial charge in [-0.2, -0.15) is 0 Å². The summed E-state index contributed by atoms with van der Waals surface area (Å²) in [5.74, 6) is -0.258. The summed E-state index contributed by atoms with van der Waals surface area (Å²) in [6.07, 6.45) is 0. The number of nitrogens with one attached hydrogen (secondary N) is 1. The monoisotopic (exact) mass is 335 g/mol. The van der Waals surface area contributed by atoms with Crippen molar-refractivity contribution in [1.82, 2.24) is 5.32 Å². The molecule has 0 fully saturated rings. The summed E-state index contributed by atoms with van der Waals surface area (Å²) < 4.78 is 6.53. The van der Waals surface area contributed by atoms with E-state index in [0.717, 1.165) is 14.5 Å². The predicted octanol–water partition coefficient (Wildman–Crippen LogP) is 2.47. The van der Waals surface area contributed by atoms with Crippen molar-refractivity contribution in [3.63, 3.8) is 0 Å². The summed E-state index contributed by atoms with van der Waals surface area (Å²) in [7, 11) is 1.38. The molecule has 3 nitrogen and oxygen atoms in total. The lowest BCUT2D eigenvalue weighted by molar-refractivity contribution is -0.139. The average molecular weight is 337 g/mol. The summed E-state index contributed by atoms with van der Waals surface area (Å²) in [4.78, 5) is 10.8. The minimum atomic E-state index is -0.258. The van der Waals surface area contributed by atoms with Crippen LogP contribution in [-0.4, -0.2) is 19.6 Å². The molecule has 0 aromatic heterocycles. The van der Waals surface area contributed by atoms with Gasteiger partial charge < -0.3 is 10.1 Å². The molecule has 0 heterocycles. The van der Waals surface area contributed by atoms with Gasteiger partial charge in [-0.05, 0) is 49.6 Å². The molecule has 0 spiro atoms. The predicted molar refractivity (Wildman–Crippen MR) is 65.6 cm³/mol. The van der Waals surface area contributed by atoms with E-state index in [9.17, 15) is 4.79 Å². The van der Waals surface area contributed by atoms with Gasteiger partial charge >= 0.3 is 5.97 Å². The fourth-order valence-corrected chi connectivity index (χ4v) is 1.70. The van der Waals surface area contributed by atoms with Crippen molar-refractivity contribution in [3.05, 3.63) is 32.7 Å². The average Bonchev–Trinajstić information content (AvgIpc) is 2.23. The quantitative estimate of drug-likeness (QED) is 0.858. The van der Waals surface area contributed by atoms with E-state index in [-0.39, 0.29) is 12.5 Å². The molecular formula is C10H11Br2NO2. The molecule has 0 amide bonds. The van der Waals surface area contributed by atoms with Crippen molar-refractivity contribution in [2.75, 3.05) is 13.7 Å². The summed E-state index contributed by atoms with van der Waals surface area (Å²) in [5, 5.41) is 2.99. The number of esters is 1. The van der Waals surface area contributed by atoms with Gasteiger partial charge in [0.05, 0.1) is 13.7 Å². The van der Waals surface area contributed by atoms with Gasteiger partial charge in [0.25, 0.3) is 0 Å². The van der Waals surface area contributed by atoms with Crippen LogP contribution in [0.15, 0.2) is 27.1 Å². The summed E-state index contributed by atoms with van der Waals surface area (Å²) in [6.45, 7) is 0.866. The zero-order valence-corrected chi connectivity index (χ0v) is 11.4. The van der Waals surface area contributed by atoms with Crippen LogP contribution in [-0.2, 0) is 16.1 Å². The lowest BCUT2D eigenvalue weighted by Crippen LogP contribution is -2.23. The minimum Gasteiger partial charge on any atom is -0.468 e. The third kappa shape index (κ3) is 4.32. The number of carbonyl (C=O) groups is 1. The van der Waals surface area contributed by atoms with E-state index in [2.05, 4.69) is 41.9 Å². The van der Waals surface area contributed by atoms with Crippen molar-refractivity contribution in [1.29, 1.82) is 0 Å². The van der Waals surface area contributed by atoms with E-state index < -0.39 is 0 Å². The first kappa shape index (κ1) is 12.7. The fourth-order valence-electron chi connectivity index (χ4n) is 1.03. The molecule has 1 aromatic carbocycles. The molecule has 15 heavy (non-hydrogen) atoms. The van der Waals surface area contributed by atoms with Crippen LogP contribution >= 0.6 is 31.9 Å². The van der Waals surface area contributed by atoms with Gasteiger partial charge in [0.1, 0.15) is 0 Å². The third-order valence-corrected chi connectivity index (χ3v) is 3.69. The SMILES string of the molecule is COC(=O)CNCc1ccc(Br)c(Br)c1. The first-order chi connectivity index (χ1) is 7.13. The van der Waals surface area contributed by atoms with Gasteiger partial charge in [0, 0.05) is 15.5 Å². The Morgan fingerprint density at radius 1 is 1.40 bits per heavy atom. The van der Waals surface area contributed by atoms with Crippen LogP contribution in [0.2, 0.25) is 0 Å². The normalized spacial score (nSPS) is 10.1. The molecule has 1 rings (SSSR count). The molecule has 5 heteroatoms. The smallest absolute Gasteiger partial charge is 0.319 e. The highest BCUT2D eigenvalue weighted by atomic mass is 79.9. The Kier molecular flexibility index (Phi) is 5.28.